The van der Waals surface area contributed by atoms with Crippen molar-refractivity contribution in [2.45, 2.75) is 24.8 Å². The van der Waals surface area contributed by atoms with Crippen LogP contribution in [0.2, 0.25) is 0 Å². The number of nitrogens with zero attached hydrogens (tertiary/aromatic N) is 3. The van der Waals surface area contributed by atoms with Gasteiger partial charge in [0.2, 0.25) is 0 Å². The molecule has 1 aromatic carbocycles. The molecule has 0 radical (unpaired) electrons. The van der Waals surface area contributed by atoms with Crippen molar-refractivity contribution >= 4 is 11.8 Å². The lowest BCUT2D eigenvalue weighted by Crippen LogP contribution is -2.32. The van der Waals surface area contributed by atoms with Crippen molar-refractivity contribution in [3.63, 3.8) is 0 Å². The van der Waals surface area contributed by atoms with Crippen molar-refractivity contribution in [2.24, 2.45) is 5.92 Å². The lowest BCUT2D eigenvalue weighted by atomic mass is 9.90. The van der Waals surface area contributed by atoms with Crippen molar-refractivity contribution in [2.75, 3.05) is 5.32 Å². The van der Waals surface area contributed by atoms with Crippen molar-refractivity contribution in [3.05, 3.63) is 58.8 Å². The minimum absolute atomic E-state index is 0.118. The lowest BCUT2D eigenvalue weighted by molar-refractivity contribution is 0.251. The molecule has 0 bridgehead atoms. The van der Waals surface area contributed by atoms with Crippen LogP contribution in [-0.4, -0.2) is 17.1 Å². The Morgan fingerprint density at radius 2 is 1.96 bits per heavy atom. The molecule has 6 nitrogen and oxygen atoms in total. The Kier molecular flexibility index (Phi) is 3.59. The van der Waals surface area contributed by atoms with Crippen LogP contribution in [-0.2, 0) is 6.42 Å². The fourth-order valence-electron chi connectivity index (χ4n) is 3.73. The Labute approximate surface area is 145 Å². The summed E-state index contributed by atoms with van der Waals surface area (Å²) < 4.78 is 0. The zero-order valence-corrected chi connectivity index (χ0v) is 13.4. The Bertz CT molecular complexity index is 922. The van der Waals surface area contributed by atoms with Crippen LogP contribution >= 0.6 is 0 Å². The second-order valence-electron chi connectivity index (χ2n) is 6.42. The summed E-state index contributed by atoms with van der Waals surface area (Å²) >= 11 is 0. The number of nitrogens with one attached hydrogen (secondary N) is 2. The van der Waals surface area contributed by atoms with Crippen LogP contribution in [0.3, 0.4) is 0 Å². The number of hydrogen-bond acceptors (Lipinski definition) is 4. The highest BCUT2D eigenvalue weighted by Crippen LogP contribution is 2.54. The molecule has 6 heteroatoms. The molecular formula is C19H15N5O. The van der Waals surface area contributed by atoms with Gasteiger partial charge >= 0.3 is 6.03 Å². The molecule has 3 atom stereocenters. The Hall–Kier alpha value is -3.38. The summed E-state index contributed by atoms with van der Waals surface area (Å²) in [6.07, 6.45) is 3.39. The molecule has 122 valence electrons. The first-order valence-electron chi connectivity index (χ1n) is 8.16. The summed E-state index contributed by atoms with van der Waals surface area (Å²) in [7, 11) is 0. The van der Waals surface area contributed by atoms with Crippen LogP contribution in [0.15, 0.2) is 36.5 Å². The number of amides is 2. The van der Waals surface area contributed by atoms with Gasteiger partial charge in [-0.25, -0.2) is 9.78 Å². The highest BCUT2D eigenvalue weighted by Gasteiger charge is 2.53. The van der Waals surface area contributed by atoms with Gasteiger partial charge in [-0.2, -0.15) is 10.5 Å². The Morgan fingerprint density at radius 1 is 1.16 bits per heavy atom. The quantitative estimate of drug-likeness (QED) is 0.884. The average Bonchev–Trinajstić information content (AvgIpc) is 3.34. The molecule has 0 unspecified atom stereocenters. The first kappa shape index (κ1) is 15.2. The number of aromatic nitrogens is 1. The monoisotopic (exact) mass is 329 g/mol. The molecular weight excluding hydrogens is 314 g/mol. The molecule has 2 amide bonds. The van der Waals surface area contributed by atoms with E-state index in [0.29, 0.717) is 28.8 Å². The van der Waals surface area contributed by atoms with E-state index in [9.17, 15) is 4.79 Å². The second kappa shape index (κ2) is 5.92. The van der Waals surface area contributed by atoms with Crippen molar-refractivity contribution < 1.29 is 4.79 Å². The zero-order valence-electron chi connectivity index (χ0n) is 13.4. The summed E-state index contributed by atoms with van der Waals surface area (Å²) in [5.41, 5.74) is 3.61. The highest BCUT2D eigenvalue weighted by atomic mass is 16.2. The van der Waals surface area contributed by atoms with Crippen LogP contribution < -0.4 is 10.6 Å². The largest absolute Gasteiger partial charge is 0.334 e. The maximum atomic E-state index is 12.2. The van der Waals surface area contributed by atoms with E-state index < -0.39 is 0 Å². The van der Waals surface area contributed by atoms with E-state index in [1.165, 1.54) is 17.3 Å². The number of anilines is 1. The number of fused-ring (bicyclic) bond motifs is 3. The molecule has 1 heterocycles. The first-order chi connectivity index (χ1) is 12.2. The molecule has 2 aromatic rings. The molecule has 2 aliphatic carbocycles. The third-order valence-electron chi connectivity index (χ3n) is 4.98. The Balaban J connectivity index is 1.41. The minimum atomic E-state index is -0.285. The van der Waals surface area contributed by atoms with Crippen molar-refractivity contribution in [3.8, 4) is 12.1 Å². The first-order valence-corrected chi connectivity index (χ1v) is 8.16. The number of urea groups is 1. The SMILES string of the molecule is N#Cc1ccc(NC(=O)N[C@@H]2[C@@H]3CCc4cc(C#N)ccc4[C@@H]32)nc1. The van der Waals surface area contributed by atoms with E-state index in [4.69, 9.17) is 10.5 Å². The number of benzene rings is 1. The smallest absolute Gasteiger partial charge is 0.320 e. The van der Waals surface area contributed by atoms with Gasteiger partial charge in [-0.15, -0.1) is 0 Å². The van der Waals surface area contributed by atoms with Gasteiger partial charge in [-0.05, 0) is 54.2 Å². The van der Waals surface area contributed by atoms with E-state index in [0.717, 1.165) is 12.8 Å². The second-order valence-corrected chi connectivity index (χ2v) is 6.42. The summed E-state index contributed by atoms with van der Waals surface area (Å²) in [4.78, 5) is 16.2. The number of rotatable bonds is 2. The van der Waals surface area contributed by atoms with E-state index in [2.05, 4.69) is 21.7 Å². The number of pyridine rings is 1. The van der Waals surface area contributed by atoms with E-state index >= 15 is 0 Å². The zero-order chi connectivity index (χ0) is 17.4. The summed E-state index contributed by atoms with van der Waals surface area (Å²) in [5.74, 6) is 1.20. The topological polar surface area (TPSA) is 102 Å². The summed E-state index contributed by atoms with van der Waals surface area (Å²) in [6.45, 7) is 0. The molecule has 0 spiro atoms. The third-order valence-corrected chi connectivity index (χ3v) is 4.98. The molecule has 2 N–H and O–H groups in total. The number of aryl methyl sites for hydroxylation is 1. The molecule has 1 saturated carbocycles. The maximum absolute atomic E-state index is 12.2. The van der Waals surface area contributed by atoms with Crippen LogP contribution in [0, 0.1) is 28.6 Å². The molecule has 1 fully saturated rings. The van der Waals surface area contributed by atoms with Crippen LogP contribution in [0.25, 0.3) is 0 Å². The molecule has 0 aliphatic heterocycles. The summed E-state index contributed by atoms with van der Waals surface area (Å²) in [6, 6.07) is 13.0. The molecule has 1 aromatic heterocycles. The number of carbonyl (C=O) groups is 1. The van der Waals surface area contributed by atoms with Crippen LogP contribution in [0.1, 0.15) is 34.6 Å². The van der Waals surface area contributed by atoms with Crippen molar-refractivity contribution in [1.82, 2.24) is 10.3 Å². The van der Waals surface area contributed by atoms with Gasteiger partial charge in [0.05, 0.1) is 17.2 Å². The normalized spacial score (nSPS) is 22.6. The van der Waals surface area contributed by atoms with E-state index in [-0.39, 0.29) is 12.1 Å². The van der Waals surface area contributed by atoms with E-state index in [1.54, 1.807) is 12.1 Å². The molecule has 2 aliphatic rings. The van der Waals surface area contributed by atoms with Gasteiger partial charge in [0, 0.05) is 18.2 Å². The van der Waals surface area contributed by atoms with Crippen molar-refractivity contribution in [1.29, 1.82) is 10.5 Å². The fraction of sp³-hybridized carbons (Fsp3) is 0.263. The molecule has 4 rings (SSSR count). The number of nitriles is 2. The predicted octanol–water partition coefficient (Wildman–Crippen LogP) is 2.67. The maximum Gasteiger partial charge on any atom is 0.320 e. The van der Waals surface area contributed by atoms with Gasteiger partial charge in [0.25, 0.3) is 0 Å². The third kappa shape index (κ3) is 2.79. The van der Waals surface area contributed by atoms with Gasteiger partial charge in [0.1, 0.15) is 11.9 Å². The minimum Gasteiger partial charge on any atom is -0.334 e. The van der Waals surface area contributed by atoms with E-state index in [1.807, 2.05) is 24.3 Å². The fourth-order valence-corrected chi connectivity index (χ4v) is 3.73. The van der Waals surface area contributed by atoms with Gasteiger partial charge < -0.3 is 5.32 Å². The highest BCUT2D eigenvalue weighted by molar-refractivity contribution is 5.88. The van der Waals surface area contributed by atoms with Crippen LogP contribution in [0.5, 0.6) is 0 Å². The number of carbonyl (C=O) groups excluding carboxylic acids is 1. The predicted molar refractivity (Wildman–Crippen MR) is 90.6 cm³/mol. The molecule has 25 heavy (non-hydrogen) atoms. The summed E-state index contributed by atoms with van der Waals surface area (Å²) in [5, 5.41) is 23.5. The van der Waals surface area contributed by atoms with Gasteiger partial charge in [0.15, 0.2) is 0 Å². The number of hydrogen-bond donors (Lipinski definition) is 2. The van der Waals surface area contributed by atoms with Gasteiger partial charge in [-0.3, -0.25) is 5.32 Å². The molecule has 0 saturated heterocycles. The Morgan fingerprint density at radius 3 is 2.68 bits per heavy atom. The standard InChI is InChI=1S/C19H15N5O/c20-8-11-1-4-14-13(7-11)3-5-15-17(14)18(15)24-19(25)23-16-6-2-12(9-21)10-22-16/h1-2,4,6-7,10,15,17-18H,3,5H2,(H2,22,23,24,25)/t15-,17+,18-/m1/s1. The van der Waals surface area contributed by atoms with Crippen LogP contribution in [0.4, 0.5) is 10.6 Å². The van der Waals surface area contributed by atoms with Gasteiger partial charge in [-0.1, -0.05) is 6.07 Å². The average molecular weight is 329 g/mol. The lowest BCUT2D eigenvalue weighted by Gasteiger charge is -2.13.